The van der Waals surface area contributed by atoms with Crippen LogP contribution in [0.1, 0.15) is 12.5 Å². The molecule has 3 aromatic rings. The van der Waals surface area contributed by atoms with Gasteiger partial charge in [0.05, 0.1) is 5.75 Å². The van der Waals surface area contributed by atoms with Gasteiger partial charge in [-0.1, -0.05) is 71.4 Å². The highest BCUT2D eigenvalue weighted by molar-refractivity contribution is 7.99. The lowest BCUT2D eigenvalue weighted by Gasteiger charge is -2.08. The van der Waals surface area contributed by atoms with Crippen LogP contribution >= 0.6 is 35.0 Å². The van der Waals surface area contributed by atoms with E-state index in [1.807, 2.05) is 47.9 Å². The monoisotopic (exact) mass is 434 g/mol. The van der Waals surface area contributed by atoms with Crippen LogP contribution in [0.4, 0.5) is 0 Å². The minimum atomic E-state index is -0.0537. The number of hydrogen-bond donors (Lipinski definition) is 1. The summed E-state index contributed by atoms with van der Waals surface area (Å²) in [6.45, 7) is 3.28. The number of nitrogens with one attached hydrogen (secondary N) is 1. The Kier molecular flexibility index (Phi) is 7.36. The maximum Gasteiger partial charge on any atom is 0.230 e. The Morgan fingerprint density at radius 1 is 1.14 bits per heavy atom. The predicted molar refractivity (Wildman–Crippen MR) is 115 cm³/mol. The van der Waals surface area contributed by atoms with Crippen LogP contribution in [-0.4, -0.2) is 33.0 Å². The van der Waals surface area contributed by atoms with E-state index in [-0.39, 0.29) is 11.7 Å². The normalized spacial score (nSPS) is 10.8. The van der Waals surface area contributed by atoms with E-state index in [2.05, 4.69) is 15.5 Å². The van der Waals surface area contributed by atoms with Gasteiger partial charge in [0.15, 0.2) is 11.0 Å². The Morgan fingerprint density at radius 2 is 1.93 bits per heavy atom. The van der Waals surface area contributed by atoms with Gasteiger partial charge >= 0.3 is 0 Å². The molecule has 1 aromatic heterocycles. The third-order valence-electron chi connectivity index (χ3n) is 4.13. The molecule has 0 radical (unpaired) electrons. The fourth-order valence-electron chi connectivity index (χ4n) is 2.72. The van der Waals surface area contributed by atoms with Crippen LogP contribution in [-0.2, 0) is 17.8 Å². The van der Waals surface area contributed by atoms with Gasteiger partial charge < -0.3 is 9.88 Å². The highest BCUT2D eigenvalue weighted by Crippen LogP contribution is 2.24. The highest BCUT2D eigenvalue weighted by atomic mass is 35.5. The van der Waals surface area contributed by atoms with Crippen molar-refractivity contribution in [2.45, 2.75) is 25.0 Å². The van der Waals surface area contributed by atoms with Crippen molar-refractivity contribution in [3.05, 3.63) is 64.1 Å². The van der Waals surface area contributed by atoms with Crippen molar-refractivity contribution < 1.29 is 4.79 Å². The summed E-state index contributed by atoms with van der Waals surface area (Å²) in [6.07, 6.45) is 0.649. The zero-order valence-corrected chi connectivity index (χ0v) is 17.7. The van der Waals surface area contributed by atoms with Crippen LogP contribution < -0.4 is 5.32 Å². The first-order valence-corrected chi connectivity index (χ1v) is 10.6. The van der Waals surface area contributed by atoms with E-state index < -0.39 is 0 Å². The maximum atomic E-state index is 12.2. The Morgan fingerprint density at radius 3 is 2.64 bits per heavy atom. The van der Waals surface area contributed by atoms with Crippen LogP contribution in [0.5, 0.6) is 0 Å². The van der Waals surface area contributed by atoms with Crippen LogP contribution in [0.25, 0.3) is 11.4 Å². The molecule has 0 fully saturated rings. The second-order valence-electron chi connectivity index (χ2n) is 6.04. The lowest BCUT2D eigenvalue weighted by Crippen LogP contribution is -2.27. The Bertz CT molecular complexity index is 947. The first kappa shape index (κ1) is 20.7. The van der Waals surface area contributed by atoms with Crippen LogP contribution in [0, 0.1) is 0 Å². The van der Waals surface area contributed by atoms with E-state index in [0.717, 1.165) is 28.7 Å². The van der Waals surface area contributed by atoms with E-state index in [1.165, 1.54) is 11.8 Å². The minimum absolute atomic E-state index is 0.0537. The average Bonchev–Trinajstić information content (AvgIpc) is 3.11. The number of aromatic nitrogens is 3. The molecule has 0 spiro atoms. The topological polar surface area (TPSA) is 59.8 Å². The van der Waals surface area contributed by atoms with E-state index in [4.69, 9.17) is 23.2 Å². The number of rotatable bonds is 8. The molecule has 1 N–H and O–H groups in total. The molecule has 0 aliphatic rings. The molecular formula is C20H20Cl2N4OS. The second-order valence-corrected chi connectivity index (χ2v) is 7.83. The van der Waals surface area contributed by atoms with Gasteiger partial charge in [0.2, 0.25) is 5.91 Å². The Hall–Kier alpha value is -2.02. The molecule has 3 rings (SSSR count). The molecule has 0 saturated carbocycles. The van der Waals surface area contributed by atoms with Crippen molar-refractivity contribution in [2.24, 2.45) is 0 Å². The number of thioether (sulfide) groups is 1. The summed E-state index contributed by atoms with van der Waals surface area (Å²) in [7, 11) is 0. The fraction of sp³-hybridized carbons (Fsp3) is 0.250. The number of amides is 1. The zero-order chi connectivity index (χ0) is 19.9. The standard InChI is InChI=1S/C20H20Cl2N4OS/c1-2-26-19(15-6-4-3-5-7-15)24-25-20(26)28-13-18(27)23-11-10-14-8-9-16(21)12-17(14)22/h3-9,12H,2,10-11,13H2,1H3,(H,23,27). The van der Waals surface area contributed by atoms with Gasteiger partial charge in [-0.3, -0.25) is 4.79 Å². The van der Waals surface area contributed by atoms with Crippen LogP contribution in [0.15, 0.2) is 53.7 Å². The van der Waals surface area contributed by atoms with E-state index >= 15 is 0 Å². The Labute approximate surface area is 178 Å². The second kappa shape index (κ2) is 9.96. The number of nitrogens with zero attached hydrogens (tertiary/aromatic N) is 3. The summed E-state index contributed by atoms with van der Waals surface area (Å²) < 4.78 is 2.01. The zero-order valence-electron chi connectivity index (χ0n) is 15.4. The predicted octanol–water partition coefficient (Wildman–Crippen LogP) is 4.72. The van der Waals surface area contributed by atoms with E-state index in [1.54, 1.807) is 12.1 Å². The first-order chi connectivity index (χ1) is 13.6. The van der Waals surface area contributed by atoms with Crippen LogP contribution in [0.2, 0.25) is 10.0 Å². The van der Waals surface area contributed by atoms with Gasteiger partial charge in [-0.05, 0) is 31.0 Å². The summed E-state index contributed by atoms with van der Waals surface area (Å²) in [6, 6.07) is 15.3. The van der Waals surface area contributed by atoms with Crippen molar-refractivity contribution >= 4 is 40.9 Å². The summed E-state index contributed by atoms with van der Waals surface area (Å²) in [4.78, 5) is 12.2. The average molecular weight is 435 g/mol. The molecule has 146 valence electrons. The SMILES string of the molecule is CCn1c(SCC(=O)NCCc2ccc(Cl)cc2Cl)nnc1-c1ccccc1. The largest absolute Gasteiger partial charge is 0.355 e. The molecule has 0 saturated heterocycles. The van der Waals surface area contributed by atoms with Crippen molar-refractivity contribution in [1.29, 1.82) is 0 Å². The number of carbonyl (C=O) groups excluding carboxylic acids is 1. The van der Waals surface area contributed by atoms with Crippen molar-refractivity contribution in [1.82, 2.24) is 20.1 Å². The lowest BCUT2D eigenvalue weighted by molar-refractivity contribution is -0.118. The Balaban J connectivity index is 1.53. The molecule has 28 heavy (non-hydrogen) atoms. The quantitative estimate of drug-likeness (QED) is 0.520. The number of benzene rings is 2. The molecule has 8 heteroatoms. The van der Waals surface area contributed by atoms with Gasteiger partial charge in [-0.15, -0.1) is 10.2 Å². The van der Waals surface area contributed by atoms with Crippen molar-refractivity contribution in [2.75, 3.05) is 12.3 Å². The highest BCUT2D eigenvalue weighted by Gasteiger charge is 2.14. The smallest absolute Gasteiger partial charge is 0.230 e. The van der Waals surface area contributed by atoms with Gasteiger partial charge in [0.1, 0.15) is 0 Å². The molecule has 2 aromatic carbocycles. The molecule has 0 unspecified atom stereocenters. The van der Waals surface area contributed by atoms with E-state index in [9.17, 15) is 4.79 Å². The summed E-state index contributed by atoms with van der Waals surface area (Å²) >= 11 is 13.4. The molecule has 5 nitrogen and oxygen atoms in total. The molecule has 1 amide bonds. The number of carbonyl (C=O) groups is 1. The summed E-state index contributed by atoms with van der Waals surface area (Å²) in [5, 5.41) is 13.4. The van der Waals surface area contributed by atoms with Crippen molar-refractivity contribution in [3.8, 4) is 11.4 Å². The maximum absolute atomic E-state index is 12.2. The van der Waals surface area contributed by atoms with Gasteiger partial charge in [0, 0.05) is 28.7 Å². The minimum Gasteiger partial charge on any atom is -0.355 e. The fourth-order valence-corrected chi connectivity index (χ4v) is 4.06. The number of halogens is 2. The van der Waals surface area contributed by atoms with Gasteiger partial charge in [-0.2, -0.15) is 0 Å². The third-order valence-corrected chi connectivity index (χ3v) is 5.68. The molecule has 0 atom stereocenters. The molecule has 0 bridgehead atoms. The first-order valence-electron chi connectivity index (χ1n) is 8.90. The molecular weight excluding hydrogens is 415 g/mol. The van der Waals surface area contributed by atoms with Crippen LogP contribution in [0.3, 0.4) is 0 Å². The van der Waals surface area contributed by atoms with E-state index in [0.29, 0.717) is 23.0 Å². The number of hydrogen-bond acceptors (Lipinski definition) is 4. The summed E-state index contributed by atoms with van der Waals surface area (Å²) in [5.74, 6) is 1.03. The molecule has 0 aliphatic carbocycles. The third kappa shape index (κ3) is 5.28. The van der Waals surface area contributed by atoms with Crippen molar-refractivity contribution in [3.63, 3.8) is 0 Å². The molecule has 0 aliphatic heterocycles. The van der Waals surface area contributed by atoms with Gasteiger partial charge in [0.25, 0.3) is 0 Å². The molecule has 1 heterocycles. The lowest BCUT2D eigenvalue weighted by atomic mass is 10.1. The van der Waals surface area contributed by atoms with Gasteiger partial charge in [-0.25, -0.2) is 0 Å². The summed E-state index contributed by atoms with van der Waals surface area (Å²) in [5.41, 5.74) is 1.96.